The molecule has 0 bridgehead atoms. The minimum atomic E-state index is -0.643. The van der Waals surface area contributed by atoms with Crippen molar-refractivity contribution in [3.05, 3.63) is 76.4 Å². The van der Waals surface area contributed by atoms with E-state index in [2.05, 4.69) is 0 Å². The van der Waals surface area contributed by atoms with Crippen molar-refractivity contribution >= 4 is 17.4 Å². The first kappa shape index (κ1) is 19.4. The number of carbonyl (C=O) groups excluding carboxylic acids is 2. The van der Waals surface area contributed by atoms with E-state index >= 15 is 0 Å². The summed E-state index contributed by atoms with van der Waals surface area (Å²) in [5, 5.41) is 11.2. The summed E-state index contributed by atoms with van der Waals surface area (Å²) in [4.78, 5) is 27.5. The summed E-state index contributed by atoms with van der Waals surface area (Å²) in [6, 6.07) is 14.5. The normalized spacial score (nSPS) is 23.7. The largest absolute Gasteiger partial charge is 0.507 e. The molecule has 29 heavy (non-hydrogen) atoms. The minimum absolute atomic E-state index is 0.0832. The van der Waals surface area contributed by atoms with Crippen molar-refractivity contribution in [2.75, 3.05) is 13.2 Å². The summed E-state index contributed by atoms with van der Waals surface area (Å²) in [6.07, 6.45) is 1.73. The highest BCUT2D eigenvalue weighted by Crippen LogP contribution is 2.40. The van der Waals surface area contributed by atoms with Crippen molar-refractivity contribution in [1.29, 1.82) is 0 Å². The lowest BCUT2D eigenvalue weighted by atomic mass is 9.93. The van der Waals surface area contributed by atoms with Crippen LogP contribution in [0.1, 0.15) is 41.1 Å². The van der Waals surface area contributed by atoms with Crippen LogP contribution in [0.5, 0.6) is 0 Å². The van der Waals surface area contributed by atoms with E-state index in [1.165, 1.54) is 0 Å². The van der Waals surface area contributed by atoms with E-state index in [1.807, 2.05) is 62.4 Å². The Bertz CT molecular complexity index is 974. The van der Waals surface area contributed by atoms with E-state index in [0.29, 0.717) is 18.7 Å². The molecule has 0 spiro atoms. The van der Waals surface area contributed by atoms with Gasteiger partial charge >= 0.3 is 0 Å². The minimum Gasteiger partial charge on any atom is -0.507 e. The highest BCUT2D eigenvalue weighted by atomic mass is 16.5. The van der Waals surface area contributed by atoms with Gasteiger partial charge in [-0.25, -0.2) is 0 Å². The first-order valence-electron chi connectivity index (χ1n) is 10.00. The zero-order valence-corrected chi connectivity index (χ0v) is 16.7. The number of amides is 1. The number of ether oxygens (including phenoxy) is 1. The van der Waals surface area contributed by atoms with E-state index < -0.39 is 17.7 Å². The molecule has 0 aliphatic carbocycles. The lowest BCUT2D eigenvalue weighted by Crippen LogP contribution is -2.36. The lowest BCUT2D eigenvalue weighted by molar-refractivity contribution is -0.140. The van der Waals surface area contributed by atoms with Crippen LogP contribution in [-0.2, 0) is 14.3 Å². The molecule has 2 saturated heterocycles. The topological polar surface area (TPSA) is 66.8 Å². The fraction of sp³-hybridized carbons (Fsp3) is 0.333. The lowest BCUT2D eigenvalue weighted by Gasteiger charge is -2.27. The Labute approximate surface area is 170 Å². The average Bonchev–Trinajstić information content (AvgIpc) is 3.32. The Hall–Kier alpha value is -2.92. The van der Waals surface area contributed by atoms with Crippen LogP contribution in [0.25, 0.3) is 5.76 Å². The van der Waals surface area contributed by atoms with Crippen molar-refractivity contribution in [2.45, 2.75) is 38.8 Å². The third kappa shape index (κ3) is 3.58. The summed E-state index contributed by atoms with van der Waals surface area (Å²) in [5.74, 6) is -1.34. The number of hydrogen-bond acceptors (Lipinski definition) is 4. The molecule has 4 rings (SSSR count). The molecule has 5 nitrogen and oxygen atoms in total. The molecule has 2 aliphatic heterocycles. The molecule has 2 unspecified atom stereocenters. The summed E-state index contributed by atoms with van der Waals surface area (Å²) in [6.45, 7) is 4.83. The fourth-order valence-electron chi connectivity index (χ4n) is 4.19. The van der Waals surface area contributed by atoms with Crippen molar-refractivity contribution in [3.8, 4) is 0 Å². The van der Waals surface area contributed by atoms with Gasteiger partial charge in [-0.05, 0) is 43.9 Å². The predicted octanol–water partition coefficient (Wildman–Crippen LogP) is 3.90. The number of aliphatic hydroxyl groups excluding tert-OH is 1. The number of benzene rings is 2. The van der Waals surface area contributed by atoms with Crippen LogP contribution in [-0.4, -0.2) is 41.0 Å². The van der Waals surface area contributed by atoms with Gasteiger partial charge in [-0.1, -0.05) is 48.0 Å². The maximum atomic E-state index is 13.0. The quantitative estimate of drug-likeness (QED) is 0.488. The van der Waals surface area contributed by atoms with Crippen LogP contribution in [0.4, 0.5) is 0 Å². The number of rotatable bonds is 4. The molecule has 2 fully saturated rings. The summed E-state index contributed by atoms with van der Waals surface area (Å²) in [7, 11) is 0. The van der Waals surface area contributed by atoms with Crippen molar-refractivity contribution < 1.29 is 19.4 Å². The zero-order valence-electron chi connectivity index (χ0n) is 16.7. The van der Waals surface area contributed by atoms with E-state index in [9.17, 15) is 14.7 Å². The van der Waals surface area contributed by atoms with Crippen molar-refractivity contribution in [2.24, 2.45) is 0 Å². The summed E-state index contributed by atoms with van der Waals surface area (Å²) < 4.78 is 5.71. The molecular formula is C24H25NO4. The standard InChI is InChI=1S/C24H25NO4/c1-15-10-11-16(2)19(13-15)22(26)20-21(17-7-4-3-5-8-17)25(24(28)23(20)27)14-18-9-6-12-29-18/h3-5,7-8,10-11,13,18,21,26H,6,9,12,14H2,1-2H3/b22-20+. The van der Waals surface area contributed by atoms with Gasteiger partial charge in [0.05, 0.1) is 17.7 Å². The third-order valence-electron chi connectivity index (χ3n) is 5.73. The second-order valence-electron chi connectivity index (χ2n) is 7.82. The number of ketones is 1. The molecule has 0 radical (unpaired) electrons. The smallest absolute Gasteiger partial charge is 0.295 e. The Kier molecular flexibility index (Phi) is 5.24. The highest BCUT2D eigenvalue weighted by Gasteiger charge is 2.47. The second-order valence-corrected chi connectivity index (χ2v) is 7.82. The van der Waals surface area contributed by atoms with Gasteiger partial charge in [0.1, 0.15) is 5.76 Å². The number of carbonyl (C=O) groups is 2. The molecule has 2 aliphatic rings. The maximum absolute atomic E-state index is 13.0. The van der Waals surface area contributed by atoms with Crippen molar-refractivity contribution in [1.82, 2.24) is 4.90 Å². The van der Waals surface area contributed by atoms with Crippen LogP contribution < -0.4 is 0 Å². The molecule has 0 aromatic heterocycles. The molecule has 1 N–H and O–H groups in total. The summed E-state index contributed by atoms with van der Waals surface area (Å²) >= 11 is 0. The van der Waals surface area contributed by atoms with Gasteiger partial charge in [0.25, 0.3) is 11.7 Å². The van der Waals surface area contributed by atoms with E-state index in [4.69, 9.17) is 4.74 Å². The van der Waals surface area contributed by atoms with Gasteiger partial charge in [-0.15, -0.1) is 0 Å². The predicted molar refractivity (Wildman–Crippen MR) is 110 cm³/mol. The van der Waals surface area contributed by atoms with E-state index in [0.717, 1.165) is 29.5 Å². The Morgan fingerprint density at radius 3 is 2.59 bits per heavy atom. The molecule has 5 heteroatoms. The number of aryl methyl sites for hydroxylation is 2. The SMILES string of the molecule is Cc1ccc(C)c(/C(O)=C2\C(=O)C(=O)N(CC3CCCO3)C2c2ccccc2)c1. The molecule has 0 saturated carbocycles. The number of aliphatic hydroxyl groups is 1. The Morgan fingerprint density at radius 1 is 1.14 bits per heavy atom. The zero-order chi connectivity index (χ0) is 20.5. The van der Waals surface area contributed by atoms with Gasteiger partial charge in [-0.3, -0.25) is 9.59 Å². The third-order valence-corrected chi connectivity index (χ3v) is 5.73. The second kappa shape index (κ2) is 7.84. The molecular weight excluding hydrogens is 366 g/mol. The molecule has 2 aromatic carbocycles. The van der Waals surface area contributed by atoms with E-state index in [-0.39, 0.29) is 17.4 Å². The molecule has 1 amide bonds. The first-order chi connectivity index (χ1) is 14.0. The summed E-state index contributed by atoms with van der Waals surface area (Å²) in [5.41, 5.74) is 3.36. The van der Waals surface area contributed by atoms with Gasteiger partial charge in [0.2, 0.25) is 0 Å². The van der Waals surface area contributed by atoms with Crippen LogP contribution >= 0.6 is 0 Å². The Balaban J connectivity index is 1.85. The molecule has 2 atom stereocenters. The van der Waals surface area contributed by atoms with Gasteiger partial charge in [0.15, 0.2) is 0 Å². The monoisotopic (exact) mass is 391 g/mol. The highest BCUT2D eigenvalue weighted by molar-refractivity contribution is 6.46. The molecule has 2 aromatic rings. The van der Waals surface area contributed by atoms with Gasteiger partial charge in [-0.2, -0.15) is 0 Å². The van der Waals surface area contributed by atoms with Crippen LogP contribution in [0.15, 0.2) is 54.1 Å². The van der Waals surface area contributed by atoms with Gasteiger partial charge < -0.3 is 14.7 Å². The van der Waals surface area contributed by atoms with Gasteiger partial charge in [0, 0.05) is 18.7 Å². The average molecular weight is 391 g/mol. The number of likely N-dealkylation sites (tertiary alicyclic amines) is 1. The van der Waals surface area contributed by atoms with Crippen LogP contribution in [0.3, 0.4) is 0 Å². The van der Waals surface area contributed by atoms with Crippen LogP contribution in [0, 0.1) is 13.8 Å². The van der Waals surface area contributed by atoms with Crippen LogP contribution in [0.2, 0.25) is 0 Å². The van der Waals surface area contributed by atoms with Crippen molar-refractivity contribution in [3.63, 3.8) is 0 Å². The first-order valence-corrected chi connectivity index (χ1v) is 10.00. The number of Topliss-reactive ketones (excluding diaryl/α,β-unsaturated/α-hetero) is 1. The maximum Gasteiger partial charge on any atom is 0.295 e. The number of hydrogen-bond donors (Lipinski definition) is 1. The molecule has 2 heterocycles. The fourth-order valence-corrected chi connectivity index (χ4v) is 4.19. The number of nitrogens with zero attached hydrogens (tertiary/aromatic N) is 1. The molecule has 150 valence electrons. The Morgan fingerprint density at radius 2 is 1.90 bits per heavy atom. The van der Waals surface area contributed by atoms with E-state index in [1.54, 1.807) is 4.90 Å².